The fraction of sp³-hybridized carbons (Fsp3) is 0.333. The lowest BCUT2D eigenvalue weighted by Gasteiger charge is -2.18. The maximum Gasteiger partial charge on any atom is 0.453 e. The Bertz CT molecular complexity index is 1730. The second-order valence-electron chi connectivity index (χ2n) is 10.1. The number of carbonyl (C=O) groups excluding carboxylic acids is 2. The van der Waals surface area contributed by atoms with E-state index in [9.17, 15) is 31.5 Å². The molecule has 0 bridgehead atoms. The van der Waals surface area contributed by atoms with Crippen LogP contribution in [0.5, 0.6) is 11.6 Å². The highest BCUT2D eigenvalue weighted by Crippen LogP contribution is 2.33. The molecule has 3 aromatic rings. The Labute approximate surface area is 240 Å². The van der Waals surface area contributed by atoms with Gasteiger partial charge in [0.05, 0.1) is 30.4 Å². The summed E-state index contributed by atoms with van der Waals surface area (Å²) in [4.78, 5) is 28.3. The number of nitrogens with one attached hydrogen (secondary N) is 1. The molecular weight excluding hydrogens is 581 g/mol. The fourth-order valence-corrected chi connectivity index (χ4v) is 4.51. The number of rotatable bonds is 9. The van der Waals surface area contributed by atoms with Gasteiger partial charge in [0.2, 0.25) is 11.7 Å². The largest absolute Gasteiger partial charge is 0.490 e. The molecule has 5 rings (SSSR count). The number of fused-ring (bicyclic) bond motifs is 1. The quantitative estimate of drug-likeness (QED) is 0.225. The molecule has 0 unspecified atom stereocenters. The molecule has 4 heterocycles. The molecule has 0 saturated carbocycles. The number of aromatic nitrogens is 3. The second kappa shape index (κ2) is 10.7. The third kappa shape index (κ3) is 5.17. The first-order chi connectivity index (χ1) is 20.3. The highest BCUT2D eigenvalue weighted by molar-refractivity contribution is 6.31. The van der Waals surface area contributed by atoms with E-state index in [1.54, 1.807) is 13.8 Å². The van der Waals surface area contributed by atoms with Crippen LogP contribution in [0, 0.1) is 17.0 Å². The summed E-state index contributed by atoms with van der Waals surface area (Å²) in [5.41, 5.74) is 0.877. The van der Waals surface area contributed by atoms with Crippen LogP contribution in [-0.4, -0.2) is 63.1 Å². The molecule has 2 amide bonds. The van der Waals surface area contributed by atoms with Gasteiger partial charge in [-0.15, -0.1) is 5.10 Å². The van der Waals surface area contributed by atoms with Gasteiger partial charge in [0.1, 0.15) is 5.71 Å². The van der Waals surface area contributed by atoms with Gasteiger partial charge < -0.3 is 9.47 Å². The summed E-state index contributed by atoms with van der Waals surface area (Å²) in [6, 6.07) is 5.29. The molecule has 0 saturated heterocycles. The summed E-state index contributed by atoms with van der Waals surface area (Å²) < 4.78 is 80.7. The number of methoxy groups -OCH3 is 1. The van der Waals surface area contributed by atoms with Gasteiger partial charge in [-0.3, -0.25) is 9.59 Å². The fourth-order valence-electron chi connectivity index (χ4n) is 4.51. The smallest absolute Gasteiger partial charge is 0.453 e. The molecule has 2 aliphatic rings. The molecule has 1 aromatic carbocycles. The van der Waals surface area contributed by atoms with Crippen molar-refractivity contribution in [1.29, 1.82) is 0 Å². The molecule has 0 radical (unpaired) electrons. The zero-order valence-electron chi connectivity index (χ0n) is 23.1. The third-order valence-electron chi connectivity index (χ3n) is 6.92. The van der Waals surface area contributed by atoms with Crippen LogP contribution in [0.2, 0.25) is 0 Å². The van der Waals surface area contributed by atoms with Gasteiger partial charge in [-0.1, -0.05) is 6.58 Å². The van der Waals surface area contributed by atoms with E-state index < -0.39 is 40.9 Å². The van der Waals surface area contributed by atoms with Crippen molar-refractivity contribution >= 4 is 28.9 Å². The number of hydrogen-bond acceptors (Lipinski definition) is 8. The molecule has 16 heteroatoms. The molecule has 0 atom stereocenters. The minimum Gasteiger partial charge on any atom is -0.490 e. The molecule has 2 aliphatic heterocycles. The number of carbonyl (C=O) groups is 2. The average Bonchev–Trinajstić information content (AvgIpc) is 3.61. The van der Waals surface area contributed by atoms with Crippen LogP contribution >= 0.6 is 0 Å². The Morgan fingerprint density at radius 1 is 1.05 bits per heavy atom. The van der Waals surface area contributed by atoms with E-state index in [4.69, 9.17) is 9.47 Å². The van der Waals surface area contributed by atoms with Crippen molar-refractivity contribution in [3.8, 4) is 11.6 Å². The van der Waals surface area contributed by atoms with Crippen molar-refractivity contribution in [2.75, 3.05) is 20.3 Å². The Kier molecular flexibility index (Phi) is 7.40. The number of nitrogens with zero attached hydrogens (tertiary/aromatic N) is 6. The van der Waals surface area contributed by atoms with Crippen LogP contribution in [0.4, 0.5) is 22.0 Å². The van der Waals surface area contributed by atoms with Gasteiger partial charge in [-0.05, 0) is 44.9 Å². The van der Waals surface area contributed by atoms with Crippen LogP contribution in [0.3, 0.4) is 0 Å². The summed E-state index contributed by atoms with van der Waals surface area (Å²) in [6.45, 7) is 6.87. The molecule has 2 aromatic heterocycles. The molecule has 0 spiro atoms. The average molecular weight is 606 g/mol. The summed E-state index contributed by atoms with van der Waals surface area (Å²) in [6.07, 6.45) is -4.17. The summed E-state index contributed by atoms with van der Waals surface area (Å²) in [5, 5.41) is 12.7. The highest BCUT2D eigenvalue weighted by Gasteiger charge is 2.41. The van der Waals surface area contributed by atoms with Gasteiger partial charge in [0.15, 0.2) is 17.2 Å². The molecule has 226 valence electrons. The molecule has 0 fully saturated rings. The van der Waals surface area contributed by atoms with Crippen LogP contribution in [0.25, 0.3) is 5.65 Å². The first-order valence-electron chi connectivity index (χ1n) is 12.9. The normalized spacial score (nSPS) is 16.6. The summed E-state index contributed by atoms with van der Waals surface area (Å²) >= 11 is 0. The summed E-state index contributed by atoms with van der Waals surface area (Å²) in [7, 11) is 1.26. The number of pyridine rings is 1. The molecule has 0 aliphatic carbocycles. The van der Waals surface area contributed by atoms with Crippen molar-refractivity contribution in [2.45, 2.75) is 32.9 Å². The maximum atomic E-state index is 14.8. The monoisotopic (exact) mass is 605 g/mol. The van der Waals surface area contributed by atoms with Crippen LogP contribution in [-0.2, 0) is 15.8 Å². The van der Waals surface area contributed by atoms with Crippen LogP contribution in [0.15, 0.2) is 46.6 Å². The number of ether oxygens (including phenoxy) is 2. The Morgan fingerprint density at radius 3 is 2.42 bits per heavy atom. The number of alkyl halides is 3. The van der Waals surface area contributed by atoms with Gasteiger partial charge in [-0.25, -0.2) is 19.8 Å². The number of halogens is 5. The minimum absolute atomic E-state index is 0.0108. The van der Waals surface area contributed by atoms with Crippen molar-refractivity contribution in [3.63, 3.8) is 0 Å². The minimum atomic E-state index is -4.82. The van der Waals surface area contributed by atoms with Crippen molar-refractivity contribution in [1.82, 2.24) is 25.0 Å². The molecule has 11 nitrogen and oxygen atoms in total. The lowest BCUT2D eigenvalue weighted by Crippen LogP contribution is -2.33. The first-order valence-corrected chi connectivity index (χ1v) is 12.9. The van der Waals surface area contributed by atoms with Crippen molar-refractivity contribution in [2.24, 2.45) is 15.6 Å². The van der Waals surface area contributed by atoms with Crippen LogP contribution in [0.1, 0.15) is 43.6 Å². The van der Waals surface area contributed by atoms with E-state index in [0.29, 0.717) is 12.8 Å². The van der Waals surface area contributed by atoms with Crippen molar-refractivity contribution < 1.29 is 41.0 Å². The van der Waals surface area contributed by atoms with E-state index in [1.165, 1.54) is 31.4 Å². The number of unbranched alkanes of at least 4 members (excludes halogenated alkanes) is 1. The van der Waals surface area contributed by atoms with Crippen LogP contribution < -0.4 is 14.9 Å². The first kappa shape index (κ1) is 29.6. The lowest BCUT2D eigenvalue weighted by molar-refractivity contribution is -0.144. The molecular formula is C27H24F5N7O4. The zero-order valence-corrected chi connectivity index (χ0v) is 23.1. The summed E-state index contributed by atoms with van der Waals surface area (Å²) in [5.74, 6) is -5.17. The Hall–Kier alpha value is -4.89. The predicted octanol–water partition coefficient (Wildman–Crippen LogP) is 3.86. The number of hydrazone groups is 2. The number of amides is 2. The SMILES string of the molecule is C=C1C(=O)N(CCCCOc2ccc(C3=NNC(=O)C3(C)C)c(F)c2F)N=C1c1ccc(OC)n2nc(C(F)(F)F)nc12. The van der Waals surface area contributed by atoms with Gasteiger partial charge in [-0.2, -0.15) is 32.3 Å². The maximum absolute atomic E-state index is 14.8. The highest BCUT2D eigenvalue weighted by atomic mass is 19.4. The van der Waals surface area contributed by atoms with E-state index in [-0.39, 0.29) is 58.6 Å². The van der Waals surface area contributed by atoms with E-state index in [2.05, 4.69) is 32.3 Å². The van der Waals surface area contributed by atoms with Crippen molar-refractivity contribution in [3.05, 3.63) is 65.0 Å². The Balaban J connectivity index is 1.24. The van der Waals surface area contributed by atoms with Gasteiger partial charge in [0.25, 0.3) is 17.6 Å². The van der Waals surface area contributed by atoms with E-state index >= 15 is 0 Å². The second-order valence-corrected chi connectivity index (χ2v) is 10.1. The van der Waals surface area contributed by atoms with E-state index in [0.717, 1.165) is 9.52 Å². The van der Waals surface area contributed by atoms with Gasteiger partial charge >= 0.3 is 6.18 Å². The lowest BCUT2D eigenvalue weighted by atomic mass is 9.83. The van der Waals surface area contributed by atoms with E-state index in [1.807, 2.05) is 0 Å². The van der Waals surface area contributed by atoms with Gasteiger partial charge in [0, 0.05) is 23.7 Å². The topological polar surface area (TPSA) is 123 Å². The Morgan fingerprint density at radius 2 is 1.77 bits per heavy atom. The molecule has 43 heavy (non-hydrogen) atoms. The number of hydrogen-bond donors (Lipinski definition) is 1. The number of benzene rings is 1. The third-order valence-corrected chi connectivity index (χ3v) is 6.92. The molecule has 1 N–H and O–H groups in total. The zero-order chi connectivity index (χ0) is 31.3. The predicted molar refractivity (Wildman–Crippen MR) is 141 cm³/mol. The standard InChI is InChI=1S/C27H24F5N7O4/c1-13-20(15-8-10-17(42-4)39-22(15)33-24(37-39)27(30,31)32)36-38(23(13)40)11-5-6-12-43-16-9-7-14(18(28)19(16)29)21-26(2,3)25(41)35-34-21/h7-10H,1,5-6,11-12H2,2-4H3,(H,35,41).